The second kappa shape index (κ2) is 7.95. The number of pyridine rings is 2. The van der Waals surface area contributed by atoms with E-state index in [0.29, 0.717) is 24.6 Å². The van der Waals surface area contributed by atoms with E-state index >= 15 is 0 Å². The molecule has 0 saturated carbocycles. The maximum absolute atomic E-state index is 11.6. The Labute approximate surface area is 169 Å². The van der Waals surface area contributed by atoms with E-state index in [1.54, 1.807) is 26.6 Å². The highest BCUT2D eigenvalue weighted by atomic mass is 16.5. The molecule has 1 aliphatic heterocycles. The van der Waals surface area contributed by atoms with Crippen LogP contribution in [0.15, 0.2) is 42.7 Å². The maximum Gasteiger partial charge on any atom is 0.256 e. The van der Waals surface area contributed by atoms with Crippen molar-refractivity contribution >= 4 is 16.8 Å². The molecule has 7 nitrogen and oxygen atoms in total. The minimum absolute atomic E-state index is 0.0714. The number of benzene rings is 1. The van der Waals surface area contributed by atoms with Gasteiger partial charge in [-0.3, -0.25) is 9.78 Å². The molecule has 2 aromatic heterocycles. The van der Waals surface area contributed by atoms with Crippen LogP contribution in [0.4, 0.5) is 0 Å². The Balaban J connectivity index is 1.74. The topological polar surface area (TPSA) is 82.6 Å². The van der Waals surface area contributed by atoms with Crippen LogP contribution in [-0.4, -0.2) is 42.7 Å². The van der Waals surface area contributed by atoms with Crippen molar-refractivity contribution in [2.75, 3.05) is 20.8 Å². The largest absolute Gasteiger partial charge is 0.491 e. The summed E-state index contributed by atoms with van der Waals surface area (Å²) >= 11 is 0. The third-order valence-electron chi connectivity index (χ3n) is 5.23. The molecule has 0 unspecified atom stereocenters. The number of hydrogen-bond acceptors (Lipinski definition) is 6. The Morgan fingerprint density at radius 2 is 1.93 bits per heavy atom. The van der Waals surface area contributed by atoms with E-state index < -0.39 is 0 Å². The second-order valence-electron chi connectivity index (χ2n) is 7.07. The summed E-state index contributed by atoms with van der Waals surface area (Å²) in [5.41, 5.74) is 2.60. The van der Waals surface area contributed by atoms with Crippen LogP contribution in [0.25, 0.3) is 22.0 Å². The maximum atomic E-state index is 11.6. The Morgan fingerprint density at radius 1 is 1.10 bits per heavy atom. The van der Waals surface area contributed by atoms with Gasteiger partial charge in [-0.2, -0.15) is 0 Å². The molecule has 29 heavy (non-hydrogen) atoms. The lowest BCUT2D eigenvalue weighted by molar-refractivity contribution is -0.119. The molecule has 0 radical (unpaired) electrons. The van der Waals surface area contributed by atoms with Crippen molar-refractivity contribution in [3.8, 4) is 28.5 Å². The first-order chi connectivity index (χ1) is 14.1. The number of fused-ring (bicyclic) bond motifs is 1. The first-order valence-electron chi connectivity index (χ1n) is 9.49. The highest BCUT2D eigenvalue weighted by molar-refractivity contribution is 5.90. The highest BCUT2D eigenvalue weighted by Gasteiger charge is 2.28. The zero-order chi connectivity index (χ0) is 20.4. The summed E-state index contributed by atoms with van der Waals surface area (Å²) in [5, 5.41) is 3.79. The number of nitrogens with zero attached hydrogens (tertiary/aromatic N) is 2. The molecular formula is C22H23N3O4. The molecule has 7 heteroatoms. The zero-order valence-electron chi connectivity index (χ0n) is 16.6. The average molecular weight is 393 g/mol. The summed E-state index contributed by atoms with van der Waals surface area (Å²) in [5.74, 6) is 1.92. The van der Waals surface area contributed by atoms with E-state index in [-0.39, 0.29) is 17.9 Å². The van der Waals surface area contributed by atoms with Gasteiger partial charge in [-0.15, -0.1) is 0 Å². The highest BCUT2D eigenvalue weighted by Crippen LogP contribution is 2.36. The van der Waals surface area contributed by atoms with Crippen molar-refractivity contribution in [1.29, 1.82) is 0 Å². The predicted octanol–water partition coefficient (Wildman–Crippen LogP) is 3.22. The second-order valence-corrected chi connectivity index (χ2v) is 7.07. The van der Waals surface area contributed by atoms with Gasteiger partial charge >= 0.3 is 0 Å². The molecular weight excluding hydrogens is 370 g/mol. The molecule has 1 aromatic carbocycles. The number of amides is 1. The predicted molar refractivity (Wildman–Crippen MR) is 109 cm³/mol. The Bertz CT molecular complexity index is 1050. The molecule has 1 saturated heterocycles. The van der Waals surface area contributed by atoms with Crippen LogP contribution in [0.1, 0.15) is 13.3 Å². The number of methoxy groups -OCH3 is 2. The van der Waals surface area contributed by atoms with Crippen molar-refractivity contribution in [2.45, 2.75) is 19.4 Å². The summed E-state index contributed by atoms with van der Waals surface area (Å²) in [7, 11) is 3.14. The van der Waals surface area contributed by atoms with E-state index in [2.05, 4.69) is 15.3 Å². The van der Waals surface area contributed by atoms with Crippen molar-refractivity contribution < 1.29 is 19.0 Å². The molecule has 0 aliphatic carbocycles. The lowest BCUT2D eigenvalue weighted by Crippen LogP contribution is -2.25. The van der Waals surface area contributed by atoms with Crippen LogP contribution in [0, 0.1) is 5.92 Å². The fraction of sp³-hybridized carbons (Fsp3) is 0.318. The van der Waals surface area contributed by atoms with Crippen molar-refractivity contribution in [2.24, 2.45) is 5.92 Å². The van der Waals surface area contributed by atoms with Gasteiger partial charge in [0.05, 0.1) is 19.7 Å². The fourth-order valence-corrected chi connectivity index (χ4v) is 3.56. The Morgan fingerprint density at radius 3 is 2.66 bits per heavy atom. The number of carbonyl (C=O) groups is 1. The van der Waals surface area contributed by atoms with Gasteiger partial charge in [0.2, 0.25) is 5.91 Å². The standard InChI is InChI=1S/C22H23N3O4/c1-13(15-10-21(26)24-11-15)29-19-8-14(7-18-17(19)5-4-6-23-18)16-9-20(27-2)22(28-3)25-12-16/h4-9,12-13,15H,10-11H2,1-3H3,(H,24,26)/t13-,15-/m1/s1. The number of hydrogen-bond donors (Lipinski definition) is 1. The molecule has 1 N–H and O–H groups in total. The lowest BCUT2D eigenvalue weighted by atomic mass is 10.0. The SMILES string of the molecule is COc1cc(-c2cc(O[C@H](C)[C@H]3CNC(=O)C3)c3cccnc3c2)cnc1OC. The van der Waals surface area contributed by atoms with Crippen LogP contribution >= 0.6 is 0 Å². The van der Waals surface area contributed by atoms with Crippen LogP contribution in [0.3, 0.4) is 0 Å². The summed E-state index contributed by atoms with van der Waals surface area (Å²) in [4.78, 5) is 20.4. The van der Waals surface area contributed by atoms with Gasteiger partial charge in [0, 0.05) is 42.2 Å². The summed E-state index contributed by atoms with van der Waals surface area (Å²) in [6.07, 6.45) is 3.86. The van der Waals surface area contributed by atoms with E-state index in [1.165, 1.54) is 0 Å². The quantitative estimate of drug-likeness (QED) is 0.692. The third kappa shape index (κ3) is 3.81. The molecule has 1 fully saturated rings. The van der Waals surface area contributed by atoms with Gasteiger partial charge in [0.15, 0.2) is 5.75 Å². The normalized spacial score (nSPS) is 17.1. The molecule has 0 bridgehead atoms. The first-order valence-corrected chi connectivity index (χ1v) is 9.49. The number of nitrogens with one attached hydrogen (secondary N) is 1. The average Bonchev–Trinajstić information content (AvgIpc) is 3.19. The molecule has 1 aliphatic rings. The van der Waals surface area contributed by atoms with Crippen LogP contribution < -0.4 is 19.5 Å². The Hall–Kier alpha value is -3.35. The molecule has 2 atom stereocenters. The third-order valence-corrected chi connectivity index (χ3v) is 5.23. The minimum Gasteiger partial charge on any atom is -0.491 e. The zero-order valence-corrected chi connectivity index (χ0v) is 16.6. The number of ether oxygens (including phenoxy) is 3. The lowest BCUT2D eigenvalue weighted by Gasteiger charge is -2.21. The summed E-state index contributed by atoms with van der Waals surface area (Å²) < 4.78 is 16.9. The van der Waals surface area contributed by atoms with E-state index in [0.717, 1.165) is 27.8 Å². The first kappa shape index (κ1) is 19.0. The summed E-state index contributed by atoms with van der Waals surface area (Å²) in [6.45, 7) is 2.63. The van der Waals surface area contributed by atoms with Gasteiger partial charge in [0.25, 0.3) is 5.88 Å². The molecule has 1 amide bonds. The van der Waals surface area contributed by atoms with Crippen molar-refractivity contribution in [3.05, 3.63) is 42.7 Å². The van der Waals surface area contributed by atoms with Gasteiger partial charge < -0.3 is 19.5 Å². The molecule has 0 spiro atoms. The monoisotopic (exact) mass is 393 g/mol. The van der Waals surface area contributed by atoms with Crippen LogP contribution in [-0.2, 0) is 4.79 Å². The fourth-order valence-electron chi connectivity index (χ4n) is 3.56. The van der Waals surface area contributed by atoms with Crippen LogP contribution in [0.2, 0.25) is 0 Å². The molecule has 3 aromatic rings. The molecule has 3 heterocycles. The summed E-state index contributed by atoms with van der Waals surface area (Å²) in [6, 6.07) is 9.73. The van der Waals surface area contributed by atoms with Gasteiger partial charge in [-0.05, 0) is 42.8 Å². The van der Waals surface area contributed by atoms with Crippen molar-refractivity contribution in [1.82, 2.24) is 15.3 Å². The van der Waals surface area contributed by atoms with Gasteiger partial charge in [-0.25, -0.2) is 4.98 Å². The molecule has 150 valence electrons. The smallest absolute Gasteiger partial charge is 0.256 e. The van der Waals surface area contributed by atoms with Gasteiger partial charge in [-0.1, -0.05) is 0 Å². The van der Waals surface area contributed by atoms with E-state index in [9.17, 15) is 4.79 Å². The van der Waals surface area contributed by atoms with Crippen molar-refractivity contribution in [3.63, 3.8) is 0 Å². The number of carbonyl (C=O) groups excluding carboxylic acids is 1. The van der Waals surface area contributed by atoms with E-state index in [4.69, 9.17) is 14.2 Å². The minimum atomic E-state index is -0.115. The molecule has 4 rings (SSSR count). The number of rotatable bonds is 6. The van der Waals surface area contributed by atoms with E-state index in [1.807, 2.05) is 37.3 Å². The van der Waals surface area contributed by atoms with Gasteiger partial charge in [0.1, 0.15) is 11.9 Å². The Kier molecular flexibility index (Phi) is 5.20. The van der Waals surface area contributed by atoms with Crippen LogP contribution in [0.5, 0.6) is 17.4 Å². The number of aromatic nitrogens is 2.